The van der Waals surface area contributed by atoms with Gasteiger partial charge in [0, 0.05) is 0 Å². The highest BCUT2D eigenvalue weighted by molar-refractivity contribution is 6.50. The minimum absolute atomic E-state index is 1.75. The molecule has 0 N–H and O–H groups in total. The highest BCUT2D eigenvalue weighted by atomic mass is 19.5. The number of allylic oxidation sites excluding steroid dienone is 1. The van der Waals surface area contributed by atoms with Gasteiger partial charge in [-0.2, -0.15) is 0 Å². The van der Waals surface area contributed by atoms with Gasteiger partial charge in [0.25, 0.3) is 0 Å². The molecular formula is C3H6B3F12-3. The van der Waals surface area contributed by atoms with Crippen molar-refractivity contribution >= 4 is 21.8 Å². The fourth-order valence-corrected chi connectivity index (χ4v) is 0. The Balaban J connectivity index is -0.0000000739. The highest BCUT2D eigenvalue weighted by Gasteiger charge is 2.21. The molecule has 0 spiro atoms. The summed E-state index contributed by atoms with van der Waals surface area (Å²) in [7, 11) is -18.0. The van der Waals surface area contributed by atoms with Gasteiger partial charge in [0.15, 0.2) is 0 Å². The Hall–Kier alpha value is -0.905. The standard InChI is InChI=1S/C3H6.3BF4/c1-3-2;3*2-1(3,4)5/h3H,1H2,2H3;;;/q;3*-1. The number of hydrogen-bond acceptors (Lipinski definition) is 0. The fourth-order valence-electron chi connectivity index (χ4n) is 0. The van der Waals surface area contributed by atoms with Gasteiger partial charge in [-0.15, -0.1) is 6.58 Å². The van der Waals surface area contributed by atoms with E-state index in [9.17, 15) is 51.8 Å². The van der Waals surface area contributed by atoms with Crippen molar-refractivity contribution in [3.8, 4) is 0 Å². The van der Waals surface area contributed by atoms with Crippen LogP contribution in [0.5, 0.6) is 0 Å². The van der Waals surface area contributed by atoms with E-state index in [2.05, 4.69) is 6.58 Å². The van der Waals surface area contributed by atoms with Gasteiger partial charge in [0.1, 0.15) is 0 Å². The van der Waals surface area contributed by atoms with Crippen LogP contribution in [0.2, 0.25) is 0 Å². The lowest BCUT2D eigenvalue weighted by molar-refractivity contribution is 0.366. The van der Waals surface area contributed by atoms with Gasteiger partial charge >= 0.3 is 21.8 Å². The van der Waals surface area contributed by atoms with Crippen LogP contribution < -0.4 is 0 Å². The monoisotopic (exact) mass is 303 g/mol. The molecule has 0 fully saturated rings. The minimum Gasteiger partial charge on any atom is -0.418 e. The minimum atomic E-state index is -6.00. The van der Waals surface area contributed by atoms with Crippen LogP contribution in [0.4, 0.5) is 51.8 Å². The molecule has 114 valence electrons. The van der Waals surface area contributed by atoms with E-state index in [1.54, 1.807) is 6.08 Å². The third-order valence-electron chi connectivity index (χ3n) is 0. The summed E-state index contributed by atoms with van der Waals surface area (Å²) < 4.78 is 117. The zero-order chi connectivity index (χ0) is 16.2. The molecule has 15 heteroatoms. The summed E-state index contributed by atoms with van der Waals surface area (Å²) in [5, 5.41) is 0. The van der Waals surface area contributed by atoms with Gasteiger partial charge in [0.05, 0.1) is 0 Å². The Morgan fingerprint density at radius 1 is 0.556 bits per heavy atom. The zero-order valence-corrected chi connectivity index (χ0v) is 8.55. The molecule has 0 aliphatic rings. The van der Waals surface area contributed by atoms with Crippen molar-refractivity contribution in [2.75, 3.05) is 0 Å². The molecule has 0 heterocycles. The van der Waals surface area contributed by atoms with E-state index in [0.717, 1.165) is 0 Å². The van der Waals surface area contributed by atoms with Crippen LogP contribution in [0.15, 0.2) is 12.7 Å². The van der Waals surface area contributed by atoms with E-state index >= 15 is 0 Å². The summed E-state index contributed by atoms with van der Waals surface area (Å²) >= 11 is 0. The molecule has 0 aromatic rings. The predicted molar refractivity (Wildman–Crippen MR) is 46.4 cm³/mol. The van der Waals surface area contributed by atoms with Gasteiger partial charge in [-0.1, -0.05) is 6.08 Å². The van der Waals surface area contributed by atoms with E-state index in [1.807, 2.05) is 6.92 Å². The second kappa shape index (κ2) is 11.2. The lowest BCUT2D eigenvalue weighted by atomic mass is 10.3. The Morgan fingerprint density at radius 2 is 0.556 bits per heavy atom. The number of hydrogen-bond donors (Lipinski definition) is 0. The van der Waals surface area contributed by atoms with E-state index in [-0.39, 0.29) is 0 Å². The predicted octanol–water partition coefficient (Wildman–Crippen LogP) is 5.09. The fraction of sp³-hybridized carbons (Fsp3) is 0.333. The molecule has 0 unspecified atom stereocenters. The maximum absolute atomic E-state index is 9.75. The first kappa shape index (κ1) is 25.8. The topological polar surface area (TPSA) is 0 Å². The molecule has 0 bridgehead atoms. The van der Waals surface area contributed by atoms with Crippen LogP contribution in [0.1, 0.15) is 6.92 Å². The van der Waals surface area contributed by atoms with Crippen LogP contribution >= 0.6 is 0 Å². The van der Waals surface area contributed by atoms with Crippen LogP contribution in [0.25, 0.3) is 0 Å². The summed E-state index contributed by atoms with van der Waals surface area (Å²) in [6.07, 6.45) is 1.75. The molecule has 0 atom stereocenters. The first-order valence-electron chi connectivity index (χ1n) is 3.60. The molecule has 18 heavy (non-hydrogen) atoms. The molecule has 0 aliphatic carbocycles. The maximum atomic E-state index is 9.75. The zero-order valence-electron chi connectivity index (χ0n) is 8.55. The average molecular weight is 302 g/mol. The SMILES string of the molecule is C=CC.F[B-](F)(F)F.F[B-](F)(F)F.F[B-](F)(F)F. The summed E-state index contributed by atoms with van der Waals surface area (Å²) in [6, 6.07) is 0. The van der Waals surface area contributed by atoms with Crippen molar-refractivity contribution in [3.05, 3.63) is 12.7 Å². The van der Waals surface area contributed by atoms with Gasteiger partial charge in [-0.3, -0.25) is 0 Å². The average Bonchev–Trinajstić information content (AvgIpc) is 1.71. The quantitative estimate of drug-likeness (QED) is 0.332. The largest absolute Gasteiger partial charge is 0.673 e. The van der Waals surface area contributed by atoms with Gasteiger partial charge in [0.2, 0.25) is 0 Å². The molecule has 0 aliphatic heterocycles. The van der Waals surface area contributed by atoms with Crippen LogP contribution in [0.3, 0.4) is 0 Å². The van der Waals surface area contributed by atoms with Gasteiger partial charge < -0.3 is 51.8 Å². The molecule has 0 aromatic heterocycles. The normalized spacial score (nSPS) is 10.7. The summed E-state index contributed by atoms with van der Waals surface area (Å²) in [4.78, 5) is 0. The van der Waals surface area contributed by atoms with E-state index in [0.29, 0.717) is 0 Å². The van der Waals surface area contributed by atoms with Crippen molar-refractivity contribution in [2.24, 2.45) is 0 Å². The first-order valence-corrected chi connectivity index (χ1v) is 3.60. The van der Waals surface area contributed by atoms with Crippen molar-refractivity contribution in [1.82, 2.24) is 0 Å². The lowest BCUT2D eigenvalue weighted by Gasteiger charge is -1.94. The second-order valence-corrected chi connectivity index (χ2v) is 1.89. The first-order chi connectivity index (χ1) is 7.41. The second-order valence-electron chi connectivity index (χ2n) is 1.89. The van der Waals surface area contributed by atoms with Crippen molar-refractivity contribution in [1.29, 1.82) is 0 Å². The van der Waals surface area contributed by atoms with Crippen LogP contribution in [-0.4, -0.2) is 21.8 Å². The van der Waals surface area contributed by atoms with Crippen molar-refractivity contribution < 1.29 is 51.8 Å². The summed E-state index contributed by atoms with van der Waals surface area (Å²) in [6.45, 7) is 5.25. The third-order valence-corrected chi connectivity index (χ3v) is 0. The highest BCUT2D eigenvalue weighted by Crippen LogP contribution is 2.07. The number of halogens is 12. The molecule has 0 saturated carbocycles. The Morgan fingerprint density at radius 3 is 0.556 bits per heavy atom. The lowest BCUT2D eigenvalue weighted by Crippen LogP contribution is -2.02. The Kier molecular flexibility index (Phi) is 16.1. The third kappa shape index (κ3) is 3660. The molecule has 0 nitrogen and oxygen atoms in total. The van der Waals surface area contributed by atoms with E-state index in [1.165, 1.54) is 0 Å². The molecule has 0 aromatic carbocycles. The summed E-state index contributed by atoms with van der Waals surface area (Å²) in [5.41, 5.74) is 0. The molecule has 0 saturated heterocycles. The van der Waals surface area contributed by atoms with E-state index < -0.39 is 21.8 Å². The van der Waals surface area contributed by atoms with Crippen LogP contribution in [-0.2, 0) is 0 Å². The molecule has 0 radical (unpaired) electrons. The van der Waals surface area contributed by atoms with Crippen LogP contribution in [0, 0.1) is 0 Å². The van der Waals surface area contributed by atoms with Crippen molar-refractivity contribution in [2.45, 2.75) is 6.92 Å². The van der Waals surface area contributed by atoms with E-state index in [4.69, 9.17) is 0 Å². The summed E-state index contributed by atoms with van der Waals surface area (Å²) in [5.74, 6) is 0. The maximum Gasteiger partial charge on any atom is 0.673 e. The van der Waals surface area contributed by atoms with Gasteiger partial charge in [-0.25, -0.2) is 0 Å². The van der Waals surface area contributed by atoms with Crippen molar-refractivity contribution in [3.63, 3.8) is 0 Å². The Bertz CT molecular complexity index is 130. The Labute approximate surface area is 94.3 Å². The number of rotatable bonds is 0. The molecule has 0 rings (SSSR count). The smallest absolute Gasteiger partial charge is 0.418 e. The van der Waals surface area contributed by atoms with Gasteiger partial charge in [-0.05, 0) is 6.92 Å². The molecule has 0 amide bonds. The molecular weight excluding hydrogens is 296 g/mol.